The molecule has 0 fully saturated rings. The topological polar surface area (TPSA) is 78.9 Å². The molecule has 16 heavy (non-hydrogen) atoms. The molecule has 0 saturated carbocycles. The number of amides is 1. The van der Waals surface area contributed by atoms with Gasteiger partial charge in [0.25, 0.3) is 0 Å². The lowest BCUT2D eigenvalue weighted by Gasteiger charge is -2.24. The molecule has 0 aromatic carbocycles. The number of thiophene rings is 1. The van der Waals surface area contributed by atoms with E-state index in [1.807, 2.05) is 19.9 Å². The fourth-order valence-corrected chi connectivity index (χ4v) is 1.88. The van der Waals surface area contributed by atoms with Crippen LogP contribution in [0.25, 0.3) is 0 Å². The van der Waals surface area contributed by atoms with Crippen molar-refractivity contribution < 1.29 is 4.79 Å². The van der Waals surface area contributed by atoms with Gasteiger partial charge in [-0.25, -0.2) is 0 Å². The Bertz CT molecular complexity index is 415. The molecule has 1 atom stereocenters. The van der Waals surface area contributed by atoms with Crippen molar-refractivity contribution in [3.8, 4) is 6.07 Å². The number of carbonyl (C=O) groups excluding carboxylic acids is 1. The molecule has 0 aliphatic rings. The monoisotopic (exact) mass is 237 g/mol. The molecule has 0 bridgehead atoms. The van der Waals surface area contributed by atoms with Gasteiger partial charge in [-0.3, -0.25) is 4.79 Å². The van der Waals surface area contributed by atoms with Gasteiger partial charge in [0.15, 0.2) is 0 Å². The molecule has 1 unspecified atom stereocenters. The molecule has 0 aliphatic carbocycles. The molecule has 1 aromatic heterocycles. The molecule has 86 valence electrons. The number of anilines is 1. The van der Waals surface area contributed by atoms with Crippen LogP contribution in [0.1, 0.15) is 25.8 Å². The largest absolute Gasteiger partial charge is 0.329 e. The number of nitrogens with two attached hydrogens (primary N) is 1. The van der Waals surface area contributed by atoms with Gasteiger partial charge in [0.05, 0.1) is 11.0 Å². The molecule has 0 spiro atoms. The summed E-state index contributed by atoms with van der Waals surface area (Å²) in [5.41, 5.74) is 5.52. The number of nitriles is 1. The second-order valence-corrected chi connectivity index (χ2v) is 4.76. The van der Waals surface area contributed by atoms with Crippen LogP contribution in [0.3, 0.4) is 0 Å². The van der Waals surface area contributed by atoms with Crippen LogP contribution in [-0.2, 0) is 4.79 Å². The van der Waals surface area contributed by atoms with Gasteiger partial charge in [-0.05, 0) is 24.8 Å². The van der Waals surface area contributed by atoms with Crippen molar-refractivity contribution in [3.63, 3.8) is 0 Å². The van der Waals surface area contributed by atoms with Crippen molar-refractivity contribution in [2.45, 2.75) is 20.3 Å². The van der Waals surface area contributed by atoms with Crippen LogP contribution in [0, 0.1) is 16.7 Å². The highest BCUT2D eigenvalue weighted by molar-refractivity contribution is 7.14. The lowest BCUT2D eigenvalue weighted by atomic mass is 9.87. The van der Waals surface area contributed by atoms with Crippen molar-refractivity contribution in [3.05, 3.63) is 17.0 Å². The van der Waals surface area contributed by atoms with E-state index in [1.165, 1.54) is 11.3 Å². The minimum absolute atomic E-state index is 0.128. The second kappa shape index (κ2) is 5.10. The van der Waals surface area contributed by atoms with Crippen LogP contribution in [0.4, 0.5) is 5.00 Å². The van der Waals surface area contributed by atoms with E-state index in [0.717, 1.165) is 0 Å². The third-order valence-electron chi connectivity index (χ3n) is 2.79. The third kappa shape index (κ3) is 2.40. The molecule has 1 rings (SSSR count). The molecule has 5 heteroatoms. The lowest BCUT2D eigenvalue weighted by Crippen LogP contribution is -2.39. The van der Waals surface area contributed by atoms with Gasteiger partial charge >= 0.3 is 0 Å². The predicted molar refractivity (Wildman–Crippen MR) is 65.1 cm³/mol. The van der Waals surface area contributed by atoms with Gasteiger partial charge in [0.1, 0.15) is 11.1 Å². The summed E-state index contributed by atoms with van der Waals surface area (Å²) in [6.45, 7) is 4.04. The SMILES string of the molecule is CCC(C)(CN)C(=O)Nc1sccc1C#N. The molecule has 4 nitrogen and oxygen atoms in total. The zero-order chi connectivity index (χ0) is 12.2. The highest BCUT2D eigenvalue weighted by atomic mass is 32.1. The first kappa shape index (κ1) is 12.7. The normalized spacial score (nSPS) is 13.9. The van der Waals surface area contributed by atoms with E-state index < -0.39 is 5.41 Å². The summed E-state index contributed by atoms with van der Waals surface area (Å²) in [6, 6.07) is 3.72. The van der Waals surface area contributed by atoms with E-state index in [-0.39, 0.29) is 5.91 Å². The summed E-state index contributed by atoms with van der Waals surface area (Å²) >= 11 is 1.34. The molecule has 1 heterocycles. The molecule has 0 saturated heterocycles. The Morgan fingerprint density at radius 1 is 1.75 bits per heavy atom. The lowest BCUT2D eigenvalue weighted by molar-refractivity contribution is -0.124. The van der Waals surface area contributed by atoms with Gasteiger partial charge in [0.2, 0.25) is 5.91 Å². The summed E-state index contributed by atoms with van der Waals surface area (Å²) in [4.78, 5) is 12.0. The van der Waals surface area contributed by atoms with Gasteiger partial charge in [-0.1, -0.05) is 6.92 Å². The van der Waals surface area contributed by atoms with Crippen molar-refractivity contribution in [2.75, 3.05) is 11.9 Å². The third-order valence-corrected chi connectivity index (χ3v) is 3.62. The summed E-state index contributed by atoms with van der Waals surface area (Å²) < 4.78 is 0. The van der Waals surface area contributed by atoms with Crippen LogP contribution in [0.5, 0.6) is 0 Å². The molecular weight excluding hydrogens is 222 g/mol. The minimum atomic E-state index is -0.573. The highest BCUT2D eigenvalue weighted by Gasteiger charge is 2.30. The molecule has 3 N–H and O–H groups in total. The molecular formula is C11H15N3OS. The Kier molecular flexibility index (Phi) is 4.05. The van der Waals surface area contributed by atoms with Crippen LogP contribution in [0.15, 0.2) is 11.4 Å². The average Bonchev–Trinajstić information content (AvgIpc) is 2.75. The Labute approximate surface area is 99.1 Å². The zero-order valence-electron chi connectivity index (χ0n) is 9.41. The van der Waals surface area contributed by atoms with Crippen LogP contribution in [-0.4, -0.2) is 12.5 Å². The number of rotatable bonds is 4. The van der Waals surface area contributed by atoms with E-state index in [4.69, 9.17) is 11.0 Å². The predicted octanol–water partition coefficient (Wildman–Crippen LogP) is 1.93. The number of hydrogen-bond acceptors (Lipinski definition) is 4. The van der Waals surface area contributed by atoms with Gasteiger partial charge in [0, 0.05) is 6.54 Å². The number of carbonyl (C=O) groups is 1. The maximum atomic E-state index is 12.0. The van der Waals surface area contributed by atoms with Gasteiger partial charge in [-0.2, -0.15) is 5.26 Å². The molecule has 0 aliphatic heterocycles. The van der Waals surface area contributed by atoms with Crippen molar-refractivity contribution in [1.82, 2.24) is 0 Å². The van der Waals surface area contributed by atoms with E-state index in [0.29, 0.717) is 23.5 Å². The zero-order valence-corrected chi connectivity index (χ0v) is 10.2. The first-order valence-corrected chi connectivity index (χ1v) is 5.94. The smallest absolute Gasteiger partial charge is 0.232 e. The Balaban J connectivity index is 2.83. The van der Waals surface area contributed by atoms with Gasteiger partial charge < -0.3 is 11.1 Å². The Morgan fingerprint density at radius 2 is 2.44 bits per heavy atom. The quantitative estimate of drug-likeness (QED) is 0.839. The first-order valence-electron chi connectivity index (χ1n) is 5.06. The molecule has 1 aromatic rings. The maximum absolute atomic E-state index is 12.0. The van der Waals surface area contributed by atoms with E-state index in [1.54, 1.807) is 11.4 Å². The number of hydrogen-bond donors (Lipinski definition) is 2. The van der Waals surface area contributed by atoms with Crippen LogP contribution >= 0.6 is 11.3 Å². The molecule has 1 amide bonds. The fraction of sp³-hybridized carbons (Fsp3) is 0.455. The minimum Gasteiger partial charge on any atom is -0.329 e. The Morgan fingerprint density at radius 3 is 2.94 bits per heavy atom. The van der Waals surface area contributed by atoms with Crippen molar-refractivity contribution in [1.29, 1.82) is 5.26 Å². The standard InChI is InChI=1S/C11H15N3OS/c1-3-11(2,7-13)10(15)14-9-8(6-12)4-5-16-9/h4-5H,3,7,13H2,1-2H3,(H,14,15). The Hall–Kier alpha value is -1.38. The molecule has 0 radical (unpaired) electrons. The number of nitrogens with one attached hydrogen (secondary N) is 1. The van der Waals surface area contributed by atoms with E-state index in [2.05, 4.69) is 5.32 Å². The summed E-state index contributed by atoms with van der Waals surface area (Å²) in [5, 5.41) is 14.0. The average molecular weight is 237 g/mol. The van der Waals surface area contributed by atoms with Crippen molar-refractivity contribution in [2.24, 2.45) is 11.1 Å². The van der Waals surface area contributed by atoms with Crippen LogP contribution < -0.4 is 11.1 Å². The summed E-state index contributed by atoms with van der Waals surface area (Å²) in [5.74, 6) is -0.128. The first-order chi connectivity index (χ1) is 7.57. The number of nitrogens with zero attached hydrogens (tertiary/aromatic N) is 1. The highest BCUT2D eigenvalue weighted by Crippen LogP contribution is 2.26. The van der Waals surface area contributed by atoms with E-state index in [9.17, 15) is 4.79 Å². The maximum Gasteiger partial charge on any atom is 0.232 e. The van der Waals surface area contributed by atoms with E-state index >= 15 is 0 Å². The fourth-order valence-electron chi connectivity index (χ4n) is 1.15. The second-order valence-electron chi connectivity index (χ2n) is 3.85. The van der Waals surface area contributed by atoms with Crippen LogP contribution in [0.2, 0.25) is 0 Å². The summed E-state index contributed by atoms with van der Waals surface area (Å²) in [7, 11) is 0. The van der Waals surface area contributed by atoms with Crippen molar-refractivity contribution >= 4 is 22.2 Å². The summed E-state index contributed by atoms with van der Waals surface area (Å²) in [6.07, 6.45) is 0.669. The van der Waals surface area contributed by atoms with Gasteiger partial charge in [-0.15, -0.1) is 11.3 Å².